The average Bonchev–Trinajstić information content (AvgIpc) is 2.24. The third-order valence-electron chi connectivity index (χ3n) is 2.56. The number of hydrogen-bond donors (Lipinski definition) is 2. The Kier molecular flexibility index (Phi) is 6.79. The first-order chi connectivity index (χ1) is 8.31. The van der Waals surface area contributed by atoms with Gasteiger partial charge in [0, 0.05) is 12.6 Å². The van der Waals surface area contributed by atoms with Gasteiger partial charge in [-0.3, -0.25) is 0 Å². The quantitative estimate of drug-likeness (QED) is 0.750. The highest BCUT2D eigenvalue weighted by molar-refractivity contribution is 5.82. The van der Waals surface area contributed by atoms with Crippen molar-refractivity contribution in [3.63, 3.8) is 0 Å². The van der Waals surface area contributed by atoms with Crippen molar-refractivity contribution in [2.75, 3.05) is 6.54 Å². The second kappa shape index (κ2) is 7.54. The Bertz CT molecular complexity index is 334. The van der Waals surface area contributed by atoms with Crippen molar-refractivity contribution < 1.29 is 14.7 Å². The van der Waals surface area contributed by atoms with Crippen LogP contribution in [-0.4, -0.2) is 40.6 Å². The summed E-state index contributed by atoms with van der Waals surface area (Å²) in [5, 5.41) is 20.0. The number of carbonyl (C=O) groups excluding carboxylic acids is 1. The minimum Gasteiger partial charge on any atom is -0.480 e. The Morgan fingerprint density at radius 1 is 1.33 bits per heavy atom. The van der Waals surface area contributed by atoms with E-state index in [-0.39, 0.29) is 18.4 Å². The number of aliphatic carboxylic acids is 1. The van der Waals surface area contributed by atoms with E-state index in [1.807, 2.05) is 19.9 Å². The molecule has 6 heteroatoms. The van der Waals surface area contributed by atoms with Gasteiger partial charge in [0.2, 0.25) is 0 Å². The minimum absolute atomic E-state index is 0.0834. The van der Waals surface area contributed by atoms with Crippen LogP contribution in [-0.2, 0) is 4.79 Å². The third kappa shape index (κ3) is 5.04. The number of nitrogens with zero attached hydrogens (tertiary/aromatic N) is 2. The fourth-order valence-corrected chi connectivity index (χ4v) is 1.49. The lowest BCUT2D eigenvalue weighted by Gasteiger charge is -2.28. The van der Waals surface area contributed by atoms with E-state index < -0.39 is 18.0 Å². The third-order valence-corrected chi connectivity index (χ3v) is 2.56. The maximum absolute atomic E-state index is 12.0. The van der Waals surface area contributed by atoms with E-state index in [4.69, 9.17) is 10.4 Å². The van der Waals surface area contributed by atoms with E-state index in [0.717, 1.165) is 0 Å². The maximum Gasteiger partial charge on any atom is 0.326 e. The Balaban J connectivity index is 4.68. The molecule has 2 N–H and O–H groups in total. The second-order valence-corrected chi connectivity index (χ2v) is 4.70. The smallest absolute Gasteiger partial charge is 0.326 e. The van der Waals surface area contributed by atoms with Gasteiger partial charge < -0.3 is 15.3 Å². The molecule has 0 radical (unpaired) electrons. The molecular weight excluding hydrogens is 234 g/mol. The average molecular weight is 255 g/mol. The number of carbonyl (C=O) groups is 2. The van der Waals surface area contributed by atoms with E-state index in [1.165, 1.54) is 4.90 Å². The molecule has 1 unspecified atom stereocenters. The molecule has 0 bridgehead atoms. The van der Waals surface area contributed by atoms with E-state index >= 15 is 0 Å². The molecule has 102 valence electrons. The van der Waals surface area contributed by atoms with Gasteiger partial charge in [-0.25, -0.2) is 9.59 Å². The molecule has 0 aliphatic rings. The first-order valence-corrected chi connectivity index (χ1v) is 5.98. The van der Waals surface area contributed by atoms with Crippen LogP contribution < -0.4 is 5.32 Å². The summed E-state index contributed by atoms with van der Waals surface area (Å²) in [6.45, 7) is 7.40. The normalized spacial score (nSPS) is 12.1. The Morgan fingerprint density at radius 2 is 1.89 bits per heavy atom. The fourth-order valence-electron chi connectivity index (χ4n) is 1.49. The van der Waals surface area contributed by atoms with E-state index in [1.54, 1.807) is 13.8 Å². The van der Waals surface area contributed by atoms with Gasteiger partial charge in [-0.1, -0.05) is 13.8 Å². The molecule has 0 fully saturated rings. The molecule has 1 atom stereocenters. The van der Waals surface area contributed by atoms with Crippen molar-refractivity contribution in [3.8, 4) is 6.07 Å². The lowest BCUT2D eigenvalue weighted by Crippen LogP contribution is -2.52. The summed E-state index contributed by atoms with van der Waals surface area (Å²) >= 11 is 0. The maximum atomic E-state index is 12.0. The number of amides is 2. The van der Waals surface area contributed by atoms with Crippen LogP contribution in [0.15, 0.2) is 0 Å². The predicted molar refractivity (Wildman–Crippen MR) is 66.9 cm³/mol. The fraction of sp³-hybridized carbons (Fsp3) is 0.750. The summed E-state index contributed by atoms with van der Waals surface area (Å²) in [5.41, 5.74) is 0. The van der Waals surface area contributed by atoms with Crippen LogP contribution in [0.2, 0.25) is 0 Å². The molecule has 0 rings (SSSR count). The number of hydrogen-bond acceptors (Lipinski definition) is 3. The van der Waals surface area contributed by atoms with Gasteiger partial charge >= 0.3 is 12.0 Å². The van der Waals surface area contributed by atoms with Crippen molar-refractivity contribution in [2.45, 2.75) is 46.2 Å². The minimum atomic E-state index is -1.05. The number of nitriles is 1. The summed E-state index contributed by atoms with van der Waals surface area (Å²) in [6.07, 6.45) is 0.227. The summed E-state index contributed by atoms with van der Waals surface area (Å²) in [7, 11) is 0. The largest absolute Gasteiger partial charge is 0.480 e. The molecule has 0 heterocycles. The number of carboxylic acid groups (broad SMARTS) is 1. The van der Waals surface area contributed by atoms with Crippen LogP contribution in [0.4, 0.5) is 4.79 Å². The van der Waals surface area contributed by atoms with Crippen molar-refractivity contribution in [3.05, 3.63) is 0 Å². The molecule has 0 aromatic carbocycles. The molecule has 6 nitrogen and oxygen atoms in total. The number of carboxylic acids is 1. The molecule has 0 aromatic heterocycles. The highest BCUT2D eigenvalue weighted by Gasteiger charge is 2.26. The Morgan fingerprint density at radius 3 is 2.22 bits per heavy atom. The molecule has 0 aromatic rings. The van der Waals surface area contributed by atoms with Gasteiger partial charge in [-0.15, -0.1) is 0 Å². The van der Waals surface area contributed by atoms with E-state index in [0.29, 0.717) is 6.54 Å². The monoisotopic (exact) mass is 255 g/mol. The van der Waals surface area contributed by atoms with Crippen LogP contribution in [0, 0.1) is 17.2 Å². The second-order valence-electron chi connectivity index (χ2n) is 4.70. The topological polar surface area (TPSA) is 93.4 Å². The van der Waals surface area contributed by atoms with Crippen molar-refractivity contribution in [1.29, 1.82) is 5.26 Å². The summed E-state index contributed by atoms with van der Waals surface area (Å²) in [6, 6.07) is 0.526. The standard InChI is InChI=1S/C12H21N3O3/c1-8(2)10(11(16)17)14-12(18)15(9(3)4)7-5-6-13/h8-10H,5,7H2,1-4H3,(H,14,18)(H,16,17). The van der Waals surface area contributed by atoms with Gasteiger partial charge in [0.25, 0.3) is 0 Å². The van der Waals surface area contributed by atoms with E-state index in [2.05, 4.69) is 5.32 Å². The summed E-state index contributed by atoms with van der Waals surface area (Å²) in [5.74, 6) is -1.25. The molecule has 0 saturated carbocycles. The predicted octanol–water partition coefficient (Wildman–Crippen LogP) is 1.43. The zero-order valence-corrected chi connectivity index (χ0v) is 11.3. The summed E-state index contributed by atoms with van der Waals surface area (Å²) in [4.78, 5) is 24.4. The van der Waals surface area contributed by atoms with Crippen LogP contribution in [0.25, 0.3) is 0 Å². The number of urea groups is 1. The highest BCUT2D eigenvalue weighted by Crippen LogP contribution is 2.05. The molecule has 0 aliphatic heterocycles. The first kappa shape index (κ1) is 16.2. The molecule has 2 amide bonds. The van der Waals surface area contributed by atoms with Crippen LogP contribution in [0.5, 0.6) is 0 Å². The van der Waals surface area contributed by atoms with Crippen LogP contribution >= 0.6 is 0 Å². The number of rotatable bonds is 6. The number of nitrogens with one attached hydrogen (secondary N) is 1. The lowest BCUT2D eigenvalue weighted by atomic mass is 10.1. The Labute approximate surface area is 108 Å². The summed E-state index contributed by atoms with van der Waals surface area (Å²) < 4.78 is 0. The van der Waals surface area contributed by atoms with Crippen molar-refractivity contribution >= 4 is 12.0 Å². The molecule has 0 spiro atoms. The molecule has 0 aliphatic carbocycles. The molecule has 18 heavy (non-hydrogen) atoms. The SMILES string of the molecule is CC(C)C(NC(=O)N(CCC#N)C(C)C)C(=O)O. The molecule has 0 saturated heterocycles. The van der Waals surface area contributed by atoms with Crippen molar-refractivity contribution in [2.24, 2.45) is 5.92 Å². The van der Waals surface area contributed by atoms with Crippen LogP contribution in [0.3, 0.4) is 0 Å². The molecular formula is C12H21N3O3. The zero-order chi connectivity index (χ0) is 14.3. The zero-order valence-electron chi connectivity index (χ0n) is 11.3. The van der Waals surface area contributed by atoms with Gasteiger partial charge in [0.05, 0.1) is 12.5 Å². The van der Waals surface area contributed by atoms with Gasteiger partial charge in [-0.05, 0) is 19.8 Å². The Hall–Kier alpha value is -1.77. The van der Waals surface area contributed by atoms with Crippen molar-refractivity contribution in [1.82, 2.24) is 10.2 Å². The van der Waals surface area contributed by atoms with Gasteiger partial charge in [0.1, 0.15) is 6.04 Å². The van der Waals surface area contributed by atoms with Gasteiger partial charge in [-0.2, -0.15) is 5.26 Å². The van der Waals surface area contributed by atoms with E-state index in [9.17, 15) is 9.59 Å². The first-order valence-electron chi connectivity index (χ1n) is 5.98. The highest BCUT2D eigenvalue weighted by atomic mass is 16.4. The lowest BCUT2D eigenvalue weighted by molar-refractivity contribution is -0.140. The van der Waals surface area contributed by atoms with Crippen LogP contribution in [0.1, 0.15) is 34.1 Å². The van der Waals surface area contributed by atoms with Gasteiger partial charge in [0.15, 0.2) is 0 Å².